The van der Waals surface area contributed by atoms with E-state index in [-0.39, 0.29) is 5.41 Å². The van der Waals surface area contributed by atoms with Gasteiger partial charge in [-0.3, -0.25) is 4.79 Å². The van der Waals surface area contributed by atoms with E-state index in [1.807, 2.05) is 0 Å². The van der Waals surface area contributed by atoms with E-state index in [1.54, 1.807) is 11.8 Å². The summed E-state index contributed by atoms with van der Waals surface area (Å²) in [7, 11) is 0. The van der Waals surface area contributed by atoms with E-state index in [0.717, 1.165) is 18.6 Å². The first-order valence-electron chi connectivity index (χ1n) is 5.59. The van der Waals surface area contributed by atoms with Gasteiger partial charge in [0.1, 0.15) is 5.78 Å². The molecule has 0 N–H and O–H groups in total. The molecule has 0 amide bonds. The van der Waals surface area contributed by atoms with Gasteiger partial charge in [-0.25, -0.2) is 0 Å². The lowest BCUT2D eigenvalue weighted by atomic mass is 9.67. The molecule has 0 aliphatic heterocycles. The molecule has 1 rings (SSSR count). The predicted octanol–water partition coefficient (Wildman–Crippen LogP) is 3.53. The van der Waals surface area contributed by atoms with Gasteiger partial charge in [-0.2, -0.15) is 11.8 Å². The Morgan fingerprint density at radius 1 is 1.43 bits per heavy atom. The normalized spacial score (nSPS) is 26.1. The zero-order valence-corrected chi connectivity index (χ0v) is 10.5. The molecule has 0 aromatic heterocycles. The highest BCUT2D eigenvalue weighted by Gasteiger charge is 2.36. The van der Waals surface area contributed by atoms with Gasteiger partial charge in [-0.15, -0.1) is 0 Å². The van der Waals surface area contributed by atoms with Crippen molar-refractivity contribution in [1.29, 1.82) is 0 Å². The SMILES string of the molecule is CSCCC(=O)C1CCCCC1(C)C. The summed E-state index contributed by atoms with van der Waals surface area (Å²) in [5, 5.41) is 0. The quantitative estimate of drug-likeness (QED) is 0.712. The lowest BCUT2D eigenvalue weighted by Crippen LogP contribution is -2.34. The van der Waals surface area contributed by atoms with Gasteiger partial charge in [-0.05, 0) is 30.3 Å². The van der Waals surface area contributed by atoms with Gasteiger partial charge in [0.25, 0.3) is 0 Å². The summed E-state index contributed by atoms with van der Waals surface area (Å²) in [5.74, 6) is 1.83. The molecule has 1 aliphatic rings. The summed E-state index contributed by atoms with van der Waals surface area (Å²) < 4.78 is 0. The highest BCUT2D eigenvalue weighted by atomic mass is 32.2. The van der Waals surface area contributed by atoms with Crippen LogP contribution in [-0.2, 0) is 4.79 Å². The molecular weight excluding hydrogens is 192 g/mol. The first kappa shape index (κ1) is 12.1. The van der Waals surface area contributed by atoms with Crippen molar-refractivity contribution in [3.8, 4) is 0 Å². The summed E-state index contributed by atoms with van der Waals surface area (Å²) in [4.78, 5) is 12.0. The molecule has 1 saturated carbocycles. The van der Waals surface area contributed by atoms with E-state index in [2.05, 4.69) is 20.1 Å². The molecule has 0 radical (unpaired) electrons. The average molecular weight is 214 g/mol. The summed E-state index contributed by atoms with van der Waals surface area (Å²) in [6, 6.07) is 0. The Morgan fingerprint density at radius 3 is 2.71 bits per heavy atom. The minimum Gasteiger partial charge on any atom is -0.299 e. The molecule has 82 valence electrons. The van der Waals surface area contributed by atoms with Crippen LogP contribution in [0.4, 0.5) is 0 Å². The second-order valence-electron chi connectivity index (χ2n) is 5.00. The molecule has 1 atom stereocenters. The van der Waals surface area contributed by atoms with Crippen molar-refractivity contribution in [1.82, 2.24) is 0 Å². The summed E-state index contributed by atoms with van der Waals surface area (Å²) in [6.45, 7) is 4.52. The fourth-order valence-corrected chi connectivity index (χ4v) is 2.87. The molecule has 1 nitrogen and oxygen atoms in total. The Kier molecular flexibility index (Phi) is 4.49. The highest BCUT2D eigenvalue weighted by Crippen LogP contribution is 2.41. The van der Waals surface area contributed by atoms with Gasteiger partial charge in [0.15, 0.2) is 0 Å². The summed E-state index contributed by atoms with van der Waals surface area (Å²) in [5.41, 5.74) is 0.258. The maximum Gasteiger partial charge on any atom is 0.137 e. The molecule has 1 fully saturated rings. The van der Waals surface area contributed by atoms with Crippen LogP contribution in [0.1, 0.15) is 46.0 Å². The van der Waals surface area contributed by atoms with Crippen molar-refractivity contribution in [2.75, 3.05) is 12.0 Å². The lowest BCUT2D eigenvalue weighted by molar-refractivity contribution is -0.127. The van der Waals surface area contributed by atoms with Crippen LogP contribution in [-0.4, -0.2) is 17.8 Å². The van der Waals surface area contributed by atoms with Crippen molar-refractivity contribution >= 4 is 17.5 Å². The summed E-state index contributed by atoms with van der Waals surface area (Å²) >= 11 is 1.77. The Hall–Kier alpha value is 0.0200. The minimum absolute atomic E-state index is 0.258. The number of hydrogen-bond donors (Lipinski definition) is 0. The molecular formula is C12H22OS. The van der Waals surface area contributed by atoms with Crippen LogP contribution in [0.2, 0.25) is 0 Å². The first-order valence-corrected chi connectivity index (χ1v) is 6.99. The molecule has 1 unspecified atom stereocenters. The number of carbonyl (C=O) groups excluding carboxylic acids is 1. The van der Waals surface area contributed by atoms with Crippen LogP contribution in [0.25, 0.3) is 0 Å². The highest BCUT2D eigenvalue weighted by molar-refractivity contribution is 7.98. The largest absolute Gasteiger partial charge is 0.299 e. The van der Waals surface area contributed by atoms with Crippen LogP contribution in [0.5, 0.6) is 0 Å². The minimum atomic E-state index is 0.258. The molecule has 0 bridgehead atoms. The van der Waals surface area contributed by atoms with Crippen LogP contribution in [0.15, 0.2) is 0 Å². The Balaban J connectivity index is 2.51. The van der Waals surface area contributed by atoms with Crippen molar-refractivity contribution < 1.29 is 4.79 Å². The molecule has 0 aromatic carbocycles. The number of thioether (sulfide) groups is 1. The lowest BCUT2D eigenvalue weighted by Gasteiger charge is -2.37. The van der Waals surface area contributed by atoms with Gasteiger partial charge in [-0.1, -0.05) is 26.7 Å². The van der Waals surface area contributed by atoms with Gasteiger partial charge in [0.05, 0.1) is 0 Å². The van der Waals surface area contributed by atoms with E-state index in [0.29, 0.717) is 11.7 Å². The van der Waals surface area contributed by atoms with Crippen molar-refractivity contribution in [2.45, 2.75) is 46.0 Å². The maximum atomic E-state index is 12.0. The van der Waals surface area contributed by atoms with Crippen molar-refractivity contribution in [2.24, 2.45) is 11.3 Å². The Bertz CT molecular complexity index is 198. The third-order valence-electron chi connectivity index (χ3n) is 3.45. The van der Waals surface area contributed by atoms with E-state index >= 15 is 0 Å². The summed E-state index contributed by atoms with van der Waals surface area (Å²) in [6.07, 6.45) is 7.75. The fraction of sp³-hybridized carbons (Fsp3) is 0.917. The van der Waals surface area contributed by atoms with Crippen LogP contribution in [0.3, 0.4) is 0 Å². The number of rotatable bonds is 4. The maximum absolute atomic E-state index is 12.0. The number of ketones is 1. The molecule has 14 heavy (non-hydrogen) atoms. The van der Waals surface area contributed by atoms with Crippen LogP contribution in [0, 0.1) is 11.3 Å². The third-order valence-corrected chi connectivity index (χ3v) is 4.06. The van der Waals surface area contributed by atoms with E-state index in [1.165, 1.54) is 19.3 Å². The second-order valence-corrected chi connectivity index (χ2v) is 5.98. The molecule has 2 heteroatoms. The average Bonchev–Trinajstić information content (AvgIpc) is 2.13. The first-order chi connectivity index (χ1) is 6.58. The number of hydrogen-bond acceptors (Lipinski definition) is 2. The second kappa shape index (κ2) is 5.20. The Morgan fingerprint density at radius 2 is 2.14 bits per heavy atom. The molecule has 0 saturated heterocycles. The predicted molar refractivity (Wildman–Crippen MR) is 63.7 cm³/mol. The van der Waals surface area contributed by atoms with E-state index < -0.39 is 0 Å². The zero-order valence-electron chi connectivity index (χ0n) is 9.64. The van der Waals surface area contributed by atoms with Gasteiger partial charge >= 0.3 is 0 Å². The molecule has 0 aromatic rings. The van der Waals surface area contributed by atoms with Gasteiger partial charge in [0, 0.05) is 12.3 Å². The van der Waals surface area contributed by atoms with E-state index in [9.17, 15) is 4.79 Å². The smallest absolute Gasteiger partial charge is 0.137 e. The standard InChI is InChI=1S/C12H22OS/c1-12(2)8-5-4-6-10(12)11(13)7-9-14-3/h10H,4-9H2,1-3H3. The number of Topliss-reactive ketones (excluding diaryl/α,β-unsaturated/α-hetero) is 1. The van der Waals surface area contributed by atoms with Gasteiger partial charge in [0.2, 0.25) is 0 Å². The fourth-order valence-electron chi connectivity index (χ4n) is 2.47. The van der Waals surface area contributed by atoms with Gasteiger partial charge < -0.3 is 0 Å². The zero-order chi connectivity index (χ0) is 10.6. The molecule has 0 heterocycles. The monoisotopic (exact) mass is 214 g/mol. The van der Waals surface area contributed by atoms with Crippen molar-refractivity contribution in [3.05, 3.63) is 0 Å². The number of carbonyl (C=O) groups is 1. The van der Waals surface area contributed by atoms with Crippen LogP contribution >= 0.6 is 11.8 Å². The van der Waals surface area contributed by atoms with Crippen LogP contribution < -0.4 is 0 Å². The van der Waals surface area contributed by atoms with E-state index in [4.69, 9.17) is 0 Å². The molecule has 1 aliphatic carbocycles. The molecule has 0 spiro atoms. The Labute approximate surface area is 92.0 Å². The third kappa shape index (κ3) is 3.01. The van der Waals surface area contributed by atoms with Crippen molar-refractivity contribution in [3.63, 3.8) is 0 Å². The topological polar surface area (TPSA) is 17.1 Å².